The van der Waals surface area contributed by atoms with Crippen LogP contribution < -0.4 is 5.73 Å². The van der Waals surface area contributed by atoms with E-state index in [2.05, 4.69) is 15.5 Å². The number of halogens is 1. The van der Waals surface area contributed by atoms with E-state index in [9.17, 15) is 4.39 Å². The van der Waals surface area contributed by atoms with Crippen molar-refractivity contribution in [3.05, 3.63) is 24.0 Å². The predicted octanol–water partition coefficient (Wildman–Crippen LogP) is 1.86. The molecule has 0 spiro atoms. The zero-order valence-corrected chi connectivity index (χ0v) is 9.88. The topological polar surface area (TPSA) is 69.6 Å². The predicted molar refractivity (Wildman–Crippen MR) is 65.0 cm³/mol. The molecule has 1 aromatic carbocycles. The van der Waals surface area contributed by atoms with Gasteiger partial charge in [0.15, 0.2) is 5.82 Å². The van der Waals surface area contributed by atoms with Gasteiger partial charge < -0.3 is 5.73 Å². The van der Waals surface area contributed by atoms with Gasteiger partial charge in [-0.1, -0.05) is 6.42 Å². The smallest absolute Gasteiger partial charge is 0.184 e. The van der Waals surface area contributed by atoms with Gasteiger partial charge in [-0.2, -0.15) is 0 Å². The molecule has 1 heterocycles. The Labute approximate surface area is 104 Å². The summed E-state index contributed by atoms with van der Waals surface area (Å²) >= 11 is 0. The van der Waals surface area contributed by atoms with Gasteiger partial charge >= 0.3 is 0 Å². The molecule has 0 atom stereocenters. The molecule has 0 saturated heterocycles. The van der Waals surface area contributed by atoms with Gasteiger partial charge in [-0.25, -0.2) is 9.07 Å². The van der Waals surface area contributed by atoms with Crippen molar-refractivity contribution in [2.24, 2.45) is 5.92 Å². The third-order valence-corrected chi connectivity index (χ3v) is 3.44. The molecule has 2 N–H and O–H groups in total. The van der Waals surface area contributed by atoms with Crippen molar-refractivity contribution < 1.29 is 4.39 Å². The lowest BCUT2D eigenvalue weighted by atomic mass is 9.85. The Morgan fingerprint density at radius 3 is 2.89 bits per heavy atom. The lowest BCUT2D eigenvalue weighted by Gasteiger charge is -2.25. The van der Waals surface area contributed by atoms with Gasteiger partial charge in [0.25, 0.3) is 0 Å². The molecular weight excluding hydrogens is 233 g/mol. The summed E-state index contributed by atoms with van der Waals surface area (Å²) in [6.07, 6.45) is 3.72. The van der Waals surface area contributed by atoms with Crippen LogP contribution in [0.25, 0.3) is 11.4 Å². The fourth-order valence-electron chi connectivity index (χ4n) is 2.18. The average Bonchev–Trinajstić information content (AvgIpc) is 2.71. The van der Waals surface area contributed by atoms with Crippen LogP contribution in [0.1, 0.15) is 19.3 Å². The van der Waals surface area contributed by atoms with E-state index in [1.165, 1.54) is 31.4 Å². The molecule has 1 aliphatic rings. The largest absolute Gasteiger partial charge is 0.398 e. The van der Waals surface area contributed by atoms with E-state index in [1.807, 2.05) is 0 Å². The molecule has 0 aliphatic heterocycles. The molecule has 3 rings (SSSR count). The van der Waals surface area contributed by atoms with Crippen molar-refractivity contribution in [3.8, 4) is 11.4 Å². The minimum Gasteiger partial charge on any atom is -0.398 e. The number of rotatable bonds is 3. The maximum absolute atomic E-state index is 13.0. The molecule has 1 saturated carbocycles. The second-order valence-electron chi connectivity index (χ2n) is 4.71. The fraction of sp³-hybridized carbons (Fsp3) is 0.417. The summed E-state index contributed by atoms with van der Waals surface area (Å²) in [5.74, 6) is 0.905. The van der Waals surface area contributed by atoms with E-state index < -0.39 is 0 Å². The molecule has 94 valence electrons. The minimum absolute atomic E-state index is 0.353. The van der Waals surface area contributed by atoms with Crippen LogP contribution in [0, 0.1) is 11.7 Å². The first-order valence-electron chi connectivity index (χ1n) is 6.05. The number of aromatic nitrogens is 4. The summed E-state index contributed by atoms with van der Waals surface area (Å²) in [6, 6.07) is 4.28. The molecule has 1 aliphatic carbocycles. The van der Waals surface area contributed by atoms with Crippen LogP contribution in [0.4, 0.5) is 10.1 Å². The van der Waals surface area contributed by atoms with Crippen LogP contribution in [-0.2, 0) is 6.54 Å². The second kappa shape index (κ2) is 4.36. The van der Waals surface area contributed by atoms with Crippen molar-refractivity contribution in [1.29, 1.82) is 0 Å². The highest BCUT2D eigenvalue weighted by Crippen LogP contribution is 2.30. The van der Waals surface area contributed by atoms with Gasteiger partial charge in [0.2, 0.25) is 0 Å². The number of tetrazole rings is 1. The quantitative estimate of drug-likeness (QED) is 0.840. The molecule has 18 heavy (non-hydrogen) atoms. The molecule has 0 bridgehead atoms. The third-order valence-electron chi connectivity index (χ3n) is 3.44. The van der Waals surface area contributed by atoms with Gasteiger partial charge in [-0.05, 0) is 47.4 Å². The number of nitrogens with zero attached hydrogens (tertiary/aromatic N) is 4. The van der Waals surface area contributed by atoms with Crippen LogP contribution >= 0.6 is 0 Å². The zero-order valence-electron chi connectivity index (χ0n) is 9.88. The summed E-state index contributed by atoms with van der Waals surface area (Å²) in [5, 5.41) is 11.7. The van der Waals surface area contributed by atoms with E-state index >= 15 is 0 Å². The molecule has 6 heteroatoms. The molecule has 0 amide bonds. The number of hydrogen-bond acceptors (Lipinski definition) is 4. The number of nitrogen functional groups attached to an aromatic ring is 1. The molecule has 2 aromatic rings. The van der Waals surface area contributed by atoms with Gasteiger partial charge in [-0.3, -0.25) is 0 Å². The molecular formula is C12H14FN5. The number of nitrogens with two attached hydrogens (primary N) is 1. The monoisotopic (exact) mass is 247 g/mol. The van der Waals surface area contributed by atoms with Crippen LogP contribution in [0.5, 0.6) is 0 Å². The zero-order chi connectivity index (χ0) is 12.5. The third kappa shape index (κ3) is 1.94. The number of anilines is 1. The highest BCUT2D eigenvalue weighted by Gasteiger charge is 2.21. The molecule has 1 fully saturated rings. The van der Waals surface area contributed by atoms with Crippen LogP contribution in [0.3, 0.4) is 0 Å². The molecule has 5 nitrogen and oxygen atoms in total. The summed E-state index contributed by atoms with van der Waals surface area (Å²) < 4.78 is 14.8. The van der Waals surface area contributed by atoms with Crippen molar-refractivity contribution in [1.82, 2.24) is 20.2 Å². The first-order chi connectivity index (χ1) is 8.74. The number of hydrogen-bond donors (Lipinski definition) is 1. The summed E-state index contributed by atoms with van der Waals surface area (Å²) in [7, 11) is 0. The standard InChI is InChI=1S/C12H14FN5/c13-9-4-5-10(11(14)6-9)12-15-16-17-18(12)7-8-2-1-3-8/h4-6,8H,1-3,7,14H2. The Kier molecular flexibility index (Phi) is 2.70. The lowest BCUT2D eigenvalue weighted by Crippen LogP contribution is -2.19. The van der Waals surface area contributed by atoms with Crippen molar-refractivity contribution >= 4 is 5.69 Å². The van der Waals surface area contributed by atoms with Crippen molar-refractivity contribution in [2.45, 2.75) is 25.8 Å². The van der Waals surface area contributed by atoms with Crippen LogP contribution in [-0.4, -0.2) is 20.2 Å². The van der Waals surface area contributed by atoms with E-state index in [-0.39, 0.29) is 5.82 Å². The van der Waals surface area contributed by atoms with E-state index in [4.69, 9.17) is 5.73 Å². The second-order valence-corrected chi connectivity index (χ2v) is 4.71. The Bertz CT molecular complexity index is 561. The first kappa shape index (κ1) is 11.1. The van der Waals surface area contributed by atoms with Crippen molar-refractivity contribution in [3.63, 3.8) is 0 Å². The van der Waals surface area contributed by atoms with E-state index in [0.717, 1.165) is 6.54 Å². The van der Waals surface area contributed by atoms with Crippen LogP contribution in [0.15, 0.2) is 18.2 Å². The lowest BCUT2D eigenvalue weighted by molar-refractivity contribution is 0.265. The van der Waals surface area contributed by atoms with Gasteiger partial charge in [-0.15, -0.1) is 5.10 Å². The minimum atomic E-state index is -0.353. The highest BCUT2D eigenvalue weighted by molar-refractivity contribution is 5.71. The molecule has 0 radical (unpaired) electrons. The summed E-state index contributed by atoms with van der Waals surface area (Å²) in [4.78, 5) is 0. The maximum Gasteiger partial charge on any atom is 0.184 e. The van der Waals surface area contributed by atoms with Crippen LogP contribution in [0.2, 0.25) is 0 Å². The fourth-order valence-corrected chi connectivity index (χ4v) is 2.18. The average molecular weight is 247 g/mol. The first-order valence-corrected chi connectivity index (χ1v) is 6.05. The molecule has 0 unspecified atom stereocenters. The Balaban J connectivity index is 1.93. The van der Waals surface area contributed by atoms with Gasteiger partial charge in [0.05, 0.1) is 0 Å². The number of benzene rings is 1. The Hall–Kier alpha value is -1.98. The summed E-state index contributed by atoms with van der Waals surface area (Å²) in [5.41, 5.74) is 6.85. The van der Waals surface area contributed by atoms with Crippen molar-refractivity contribution in [2.75, 3.05) is 5.73 Å². The van der Waals surface area contributed by atoms with E-state index in [1.54, 1.807) is 10.7 Å². The van der Waals surface area contributed by atoms with Gasteiger partial charge in [0, 0.05) is 17.8 Å². The Morgan fingerprint density at radius 1 is 1.39 bits per heavy atom. The maximum atomic E-state index is 13.0. The SMILES string of the molecule is Nc1cc(F)ccc1-c1nnnn1CC1CCC1. The molecule has 1 aromatic heterocycles. The Morgan fingerprint density at radius 2 is 2.22 bits per heavy atom. The summed E-state index contributed by atoms with van der Waals surface area (Å²) in [6.45, 7) is 0.805. The normalized spacial score (nSPS) is 15.6. The van der Waals surface area contributed by atoms with E-state index in [0.29, 0.717) is 23.0 Å². The highest BCUT2D eigenvalue weighted by atomic mass is 19.1. The van der Waals surface area contributed by atoms with Gasteiger partial charge in [0.1, 0.15) is 5.82 Å².